The normalized spacial score (nSPS) is 15.3. The Bertz CT molecular complexity index is 1100. The summed E-state index contributed by atoms with van der Waals surface area (Å²) in [5.74, 6) is 1.01. The molecule has 3 aromatic rings. The summed E-state index contributed by atoms with van der Waals surface area (Å²) in [4.78, 5) is 22.5. The van der Waals surface area contributed by atoms with Crippen molar-refractivity contribution in [3.05, 3.63) is 90.0 Å². The second kappa shape index (κ2) is 8.74. The minimum Gasteiger partial charge on any atom is -0.497 e. The van der Waals surface area contributed by atoms with Gasteiger partial charge in [0.2, 0.25) is 5.91 Å². The fourth-order valence-corrected chi connectivity index (χ4v) is 3.56. The number of para-hydroxylation sites is 2. The number of ether oxygens (including phenoxy) is 1. The maximum absolute atomic E-state index is 12.9. The van der Waals surface area contributed by atoms with Crippen LogP contribution in [0, 0.1) is 0 Å². The van der Waals surface area contributed by atoms with Gasteiger partial charge in [0.15, 0.2) is 0 Å². The fourth-order valence-electron chi connectivity index (χ4n) is 3.56. The summed E-state index contributed by atoms with van der Waals surface area (Å²) in [6.07, 6.45) is 0.252. The smallest absolute Gasteiger partial charge is 0.229 e. The van der Waals surface area contributed by atoms with Crippen LogP contribution in [0.5, 0.6) is 5.75 Å². The third-order valence-electron chi connectivity index (χ3n) is 5.03. The summed E-state index contributed by atoms with van der Waals surface area (Å²) >= 11 is 0. The minimum atomic E-state index is -0.224. The van der Waals surface area contributed by atoms with Crippen LogP contribution in [0.2, 0.25) is 0 Å². The number of carbonyl (C=O) groups is 1. The van der Waals surface area contributed by atoms with Crippen LogP contribution in [-0.4, -0.2) is 24.6 Å². The Kier molecular flexibility index (Phi) is 5.70. The molecule has 5 nitrogen and oxygen atoms in total. The molecule has 0 fully saturated rings. The summed E-state index contributed by atoms with van der Waals surface area (Å²) in [5.41, 5.74) is 4.37. The summed E-state index contributed by atoms with van der Waals surface area (Å²) in [5, 5.41) is 3.05. The molecule has 1 amide bonds. The molecule has 4 rings (SSSR count). The molecule has 0 aliphatic carbocycles. The second-order valence-electron chi connectivity index (χ2n) is 7.16. The van der Waals surface area contributed by atoms with Gasteiger partial charge >= 0.3 is 0 Å². The van der Waals surface area contributed by atoms with Crippen molar-refractivity contribution in [3.63, 3.8) is 0 Å². The second-order valence-corrected chi connectivity index (χ2v) is 7.16. The molecule has 30 heavy (non-hydrogen) atoms. The first-order valence-corrected chi connectivity index (χ1v) is 9.84. The van der Waals surface area contributed by atoms with Gasteiger partial charge < -0.3 is 10.1 Å². The SMILES string of the molecule is COc1ccc(CC(=O)NC2=Nc3ccccc3N=C(C)[C@@H]2c2ccccc2)cc1. The van der Waals surface area contributed by atoms with Gasteiger partial charge in [0.25, 0.3) is 0 Å². The number of rotatable bonds is 4. The van der Waals surface area contributed by atoms with Gasteiger partial charge in [-0.15, -0.1) is 0 Å². The Labute approximate surface area is 176 Å². The zero-order valence-corrected chi connectivity index (χ0v) is 17.0. The largest absolute Gasteiger partial charge is 0.497 e. The third kappa shape index (κ3) is 4.30. The summed E-state index contributed by atoms with van der Waals surface area (Å²) < 4.78 is 5.18. The lowest BCUT2D eigenvalue weighted by molar-refractivity contribution is -0.119. The van der Waals surface area contributed by atoms with E-state index in [2.05, 4.69) is 5.32 Å². The van der Waals surface area contributed by atoms with Gasteiger partial charge in [-0.2, -0.15) is 0 Å². The Balaban J connectivity index is 1.65. The van der Waals surface area contributed by atoms with Crippen molar-refractivity contribution < 1.29 is 9.53 Å². The number of aliphatic imine (C=N–C) groups is 2. The quantitative estimate of drug-likeness (QED) is 0.675. The monoisotopic (exact) mass is 397 g/mol. The maximum Gasteiger partial charge on any atom is 0.229 e. The van der Waals surface area contributed by atoms with Crippen LogP contribution in [0.15, 0.2) is 88.8 Å². The Morgan fingerprint density at radius 3 is 2.20 bits per heavy atom. The van der Waals surface area contributed by atoms with Gasteiger partial charge in [-0.1, -0.05) is 54.6 Å². The van der Waals surface area contributed by atoms with Crippen molar-refractivity contribution >= 4 is 28.8 Å². The van der Waals surface area contributed by atoms with Gasteiger partial charge in [0, 0.05) is 5.71 Å². The molecule has 0 unspecified atom stereocenters. The van der Waals surface area contributed by atoms with Crippen LogP contribution in [-0.2, 0) is 11.2 Å². The van der Waals surface area contributed by atoms with Crippen molar-refractivity contribution in [1.29, 1.82) is 0 Å². The standard InChI is InChI=1S/C25H23N3O2/c1-17-24(19-8-4-3-5-9-19)25(27-22-11-7-6-10-21(22)26-17)28-23(29)16-18-12-14-20(30-2)15-13-18/h3-15,24H,16H2,1-2H3,(H,27,28,29)/t24-/m1/s1. The molecule has 0 saturated carbocycles. The summed E-state index contributed by atoms with van der Waals surface area (Å²) in [6, 6.07) is 25.2. The number of amidine groups is 1. The maximum atomic E-state index is 12.9. The molecule has 150 valence electrons. The van der Waals surface area contributed by atoms with Crippen LogP contribution in [0.1, 0.15) is 24.0 Å². The van der Waals surface area contributed by atoms with Crippen LogP contribution in [0.4, 0.5) is 11.4 Å². The molecule has 0 aromatic heterocycles. The van der Waals surface area contributed by atoms with E-state index in [-0.39, 0.29) is 18.2 Å². The number of fused-ring (bicyclic) bond motifs is 1. The molecular formula is C25H23N3O2. The Morgan fingerprint density at radius 1 is 0.900 bits per heavy atom. The van der Waals surface area contributed by atoms with Gasteiger partial charge in [0.1, 0.15) is 11.6 Å². The average Bonchev–Trinajstić information content (AvgIpc) is 2.90. The van der Waals surface area contributed by atoms with Gasteiger partial charge in [-0.3, -0.25) is 9.79 Å². The van der Waals surface area contributed by atoms with E-state index in [9.17, 15) is 4.79 Å². The molecule has 1 aliphatic heterocycles. The average molecular weight is 397 g/mol. The molecular weight excluding hydrogens is 374 g/mol. The van der Waals surface area contributed by atoms with E-state index in [1.54, 1.807) is 7.11 Å². The first kappa shape index (κ1) is 19.6. The molecule has 1 heterocycles. The van der Waals surface area contributed by atoms with Crippen LogP contribution in [0.25, 0.3) is 0 Å². The predicted molar refractivity (Wildman–Crippen MR) is 120 cm³/mol. The highest BCUT2D eigenvalue weighted by Crippen LogP contribution is 2.34. The van der Waals surface area contributed by atoms with E-state index in [1.165, 1.54) is 0 Å². The lowest BCUT2D eigenvalue weighted by Crippen LogP contribution is -2.38. The Morgan fingerprint density at radius 2 is 1.53 bits per heavy atom. The van der Waals surface area contributed by atoms with Gasteiger partial charge in [-0.05, 0) is 42.3 Å². The van der Waals surface area contributed by atoms with E-state index in [0.717, 1.165) is 34.0 Å². The predicted octanol–water partition coefficient (Wildman–Crippen LogP) is 4.97. The zero-order chi connectivity index (χ0) is 20.9. The topological polar surface area (TPSA) is 63.0 Å². The zero-order valence-electron chi connectivity index (χ0n) is 17.0. The molecule has 1 N–H and O–H groups in total. The number of nitrogens with zero attached hydrogens (tertiary/aromatic N) is 2. The van der Waals surface area contributed by atoms with Crippen molar-refractivity contribution in [2.75, 3.05) is 7.11 Å². The van der Waals surface area contributed by atoms with Gasteiger partial charge in [-0.25, -0.2) is 4.99 Å². The summed E-state index contributed by atoms with van der Waals surface area (Å²) in [7, 11) is 1.62. The van der Waals surface area contributed by atoms with Crippen molar-refractivity contribution in [2.24, 2.45) is 9.98 Å². The van der Waals surface area contributed by atoms with E-state index in [0.29, 0.717) is 5.84 Å². The highest BCUT2D eigenvalue weighted by Gasteiger charge is 2.26. The number of nitrogens with one attached hydrogen (secondary N) is 1. The van der Waals surface area contributed by atoms with E-state index >= 15 is 0 Å². The molecule has 3 aromatic carbocycles. The molecule has 0 radical (unpaired) electrons. The number of hydrogen-bond donors (Lipinski definition) is 1. The van der Waals surface area contributed by atoms with Crippen LogP contribution >= 0.6 is 0 Å². The minimum absolute atomic E-state index is 0.118. The van der Waals surface area contributed by atoms with E-state index < -0.39 is 0 Å². The number of hydrogen-bond acceptors (Lipinski definition) is 4. The number of benzene rings is 3. The lowest BCUT2D eigenvalue weighted by atomic mass is 9.93. The molecule has 0 spiro atoms. The number of amides is 1. The first-order valence-electron chi connectivity index (χ1n) is 9.84. The third-order valence-corrected chi connectivity index (χ3v) is 5.03. The highest BCUT2D eigenvalue weighted by molar-refractivity contribution is 6.17. The number of methoxy groups -OCH3 is 1. The van der Waals surface area contributed by atoms with Crippen molar-refractivity contribution in [1.82, 2.24) is 5.32 Å². The molecule has 1 aliphatic rings. The van der Waals surface area contributed by atoms with Gasteiger partial charge in [0.05, 0.1) is 30.8 Å². The lowest BCUT2D eigenvalue weighted by Gasteiger charge is -2.19. The van der Waals surface area contributed by atoms with Crippen LogP contribution in [0.3, 0.4) is 0 Å². The summed E-state index contributed by atoms with van der Waals surface area (Å²) in [6.45, 7) is 1.98. The first-order chi connectivity index (χ1) is 14.6. The molecule has 0 bridgehead atoms. The highest BCUT2D eigenvalue weighted by atomic mass is 16.5. The fraction of sp³-hybridized carbons (Fsp3) is 0.160. The molecule has 1 atom stereocenters. The molecule has 0 saturated heterocycles. The van der Waals surface area contributed by atoms with E-state index in [4.69, 9.17) is 14.7 Å². The van der Waals surface area contributed by atoms with Crippen LogP contribution < -0.4 is 10.1 Å². The Hall–Kier alpha value is -3.73. The van der Waals surface area contributed by atoms with E-state index in [1.807, 2.05) is 85.8 Å². The van der Waals surface area contributed by atoms with Crippen molar-refractivity contribution in [2.45, 2.75) is 19.3 Å². The number of carbonyl (C=O) groups excluding carboxylic acids is 1. The van der Waals surface area contributed by atoms with Crippen molar-refractivity contribution in [3.8, 4) is 5.75 Å². The molecule has 5 heteroatoms.